The molecule has 118 valence electrons. The van der Waals surface area contributed by atoms with Crippen LogP contribution in [-0.2, 0) is 11.3 Å². The van der Waals surface area contributed by atoms with Gasteiger partial charge in [0.1, 0.15) is 12.4 Å². The number of piperidine rings is 1. The Morgan fingerprint density at radius 2 is 1.90 bits per heavy atom. The molecule has 0 atom stereocenters. The molecule has 0 aliphatic carbocycles. The smallest absolute Gasteiger partial charge is 0.123 e. The summed E-state index contributed by atoms with van der Waals surface area (Å²) in [6, 6.07) is 8.28. The van der Waals surface area contributed by atoms with Crippen LogP contribution in [0.15, 0.2) is 24.3 Å². The van der Waals surface area contributed by atoms with Crippen LogP contribution in [-0.4, -0.2) is 51.4 Å². The van der Waals surface area contributed by atoms with Gasteiger partial charge in [-0.15, -0.1) is 0 Å². The van der Waals surface area contributed by atoms with Gasteiger partial charge in [-0.1, -0.05) is 24.6 Å². The molecule has 4 nitrogen and oxygen atoms in total. The predicted octanol–water partition coefficient (Wildman–Crippen LogP) is 2.29. The van der Waals surface area contributed by atoms with Gasteiger partial charge in [0.2, 0.25) is 0 Å². The van der Waals surface area contributed by atoms with Gasteiger partial charge in [0.05, 0.1) is 6.61 Å². The number of hydrogen-bond acceptors (Lipinski definition) is 4. The number of nitrogens with zero attached hydrogens (tertiary/aromatic N) is 1. The molecule has 0 unspecified atom stereocenters. The summed E-state index contributed by atoms with van der Waals surface area (Å²) in [6.07, 6.45) is 4.05. The van der Waals surface area contributed by atoms with E-state index in [0.29, 0.717) is 0 Å². The summed E-state index contributed by atoms with van der Waals surface area (Å²) in [6.45, 7) is 6.67. The Bertz CT molecular complexity index is 392. The van der Waals surface area contributed by atoms with Gasteiger partial charge < -0.3 is 14.8 Å². The molecule has 1 aromatic rings. The largest absolute Gasteiger partial charge is 0.492 e. The Hall–Kier alpha value is -1.10. The summed E-state index contributed by atoms with van der Waals surface area (Å²) in [5.41, 5.74) is 1.22. The van der Waals surface area contributed by atoms with Gasteiger partial charge in [0.15, 0.2) is 0 Å². The molecule has 0 radical (unpaired) electrons. The van der Waals surface area contributed by atoms with Gasteiger partial charge in [0, 0.05) is 32.3 Å². The first kappa shape index (κ1) is 16.3. The number of nitrogens with one attached hydrogen (secondary N) is 1. The minimum absolute atomic E-state index is 0.734. The van der Waals surface area contributed by atoms with Gasteiger partial charge in [-0.25, -0.2) is 0 Å². The van der Waals surface area contributed by atoms with Gasteiger partial charge in [-0.2, -0.15) is 0 Å². The summed E-state index contributed by atoms with van der Waals surface area (Å²) in [7, 11) is 1.72. The molecule has 1 N–H and O–H groups in total. The third-order valence-electron chi connectivity index (χ3n) is 3.88. The molecule has 0 bridgehead atoms. The van der Waals surface area contributed by atoms with Crippen molar-refractivity contribution in [3.8, 4) is 5.75 Å². The first-order valence-corrected chi connectivity index (χ1v) is 8.03. The standard InChI is InChI=1S/C17H28N2O2/c1-20-13-9-18-15-16-7-3-4-8-17(16)21-14-12-19-10-5-2-6-11-19/h3-4,7-8,18H,2,5-6,9-15H2,1H3. The number of methoxy groups -OCH3 is 1. The van der Waals surface area contributed by atoms with E-state index >= 15 is 0 Å². The maximum Gasteiger partial charge on any atom is 0.123 e. The summed E-state index contributed by atoms with van der Waals surface area (Å²) >= 11 is 0. The highest BCUT2D eigenvalue weighted by atomic mass is 16.5. The lowest BCUT2D eigenvalue weighted by molar-refractivity contribution is 0.182. The van der Waals surface area contributed by atoms with Crippen LogP contribution in [0.1, 0.15) is 24.8 Å². The average Bonchev–Trinajstić information content (AvgIpc) is 2.54. The van der Waals surface area contributed by atoms with Crippen LogP contribution in [0.3, 0.4) is 0 Å². The molecule has 0 amide bonds. The van der Waals surface area contributed by atoms with Crippen molar-refractivity contribution in [1.29, 1.82) is 0 Å². The van der Waals surface area contributed by atoms with Crippen molar-refractivity contribution >= 4 is 0 Å². The second-order valence-electron chi connectivity index (χ2n) is 5.53. The first-order valence-electron chi connectivity index (χ1n) is 8.03. The summed E-state index contributed by atoms with van der Waals surface area (Å²) < 4.78 is 11.0. The maximum absolute atomic E-state index is 5.98. The van der Waals surface area contributed by atoms with Crippen molar-refractivity contribution in [3.63, 3.8) is 0 Å². The van der Waals surface area contributed by atoms with Crippen molar-refractivity contribution in [2.75, 3.05) is 46.5 Å². The lowest BCUT2D eigenvalue weighted by Gasteiger charge is -2.26. The fraction of sp³-hybridized carbons (Fsp3) is 0.647. The second kappa shape index (κ2) is 9.77. The van der Waals surface area contributed by atoms with Crippen LogP contribution in [0.2, 0.25) is 0 Å². The van der Waals surface area contributed by atoms with E-state index in [0.717, 1.165) is 38.6 Å². The minimum atomic E-state index is 0.734. The van der Waals surface area contributed by atoms with Crippen LogP contribution < -0.4 is 10.1 Å². The van der Waals surface area contributed by atoms with Gasteiger partial charge in [-0.05, 0) is 32.0 Å². The second-order valence-corrected chi connectivity index (χ2v) is 5.53. The molecule has 0 spiro atoms. The van der Waals surface area contributed by atoms with Gasteiger partial charge >= 0.3 is 0 Å². The highest BCUT2D eigenvalue weighted by molar-refractivity contribution is 5.33. The molecule has 1 aliphatic rings. The molecular formula is C17H28N2O2. The van der Waals surface area contributed by atoms with Crippen molar-refractivity contribution in [2.24, 2.45) is 0 Å². The number of benzene rings is 1. The first-order chi connectivity index (χ1) is 10.4. The zero-order chi connectivity index (χ0) is 14.8. The average molecular weight is 292 g/mol. The quantitative estimate of drug-likeness (QED) is 0.708. The van der Waals surface area contributed by atoms with E-state index in [9.17, 15) is 0 Å². The van der Waals surface area contributed by atoms with Gasteiger partial charge in [-0.3, -0.25) is 4.90 Å². The van der Waals surface area contributed by atoms with Crippen molar-refractivity contribution in [1.82, 2.24) is 10.2 Å². The normalized spacial score (nSPS) is 16.0. The Kier molecular flexibility index (Phi) is 7.57. The van der Waals surface area contributed by atoms with E-state index in [1.165, 1.54) is 37.9 Å². The molecule has 1 heterocycles. The Balaban J connectivity index is 1.73. The van der Waals surface area contributed by atoms with Crippen LogP contribution in [0, 0.1) is 0 Å². The molecule has 0 saturated carbocycles. The fourth-order valence-corrected chi connectivity index (χ4v) is 2.66. The number of hydrogen-bond donors (Lipinski definition) is 1. The number of rotatable bonds is 9. The zero-order valence-corrected chi connectivity index (χ0v) is 13.1. The molecule has 1 aromatic carbocycles. The summed E-state index contributed by atoms with van der Waals surface area (Å²) in [4.78, 5) is 2.50. The Morgan fingerprint density at radius 3 is 2.71 bits per heavy atom. The molecule has 1 fully saturated rings. The minimum Gasteiger partial charge on any atom is -0.492 e. The van der Waals surface area contributed by atoms with Crippen LogP contribution in [0.25, 0.3) is 0 Å². The lowest BCUT2D eigenvalue weighted by Crippen LogP contribution is -2.33. The molecule has 1 aliphatic heterocycles. The SMILES string of the molecule is COCCNCc1ccccc1OCCN1CCCCC1. The third kappa shape index (κ3) is 6.04. The molecule has 4 heteroatoms. The highest BCUT2D eigenvalue weighted by Crippen LogP contribution is 2.18. The molecule has 0 aromatic heterocycles. The highest BCUT2D eigenvalue weighted by Gasteiger charge is 2.10. The predicted molar refractivity (Wildman–Crippen MR) is 85.8 cm³/mol. The van der Waals surface area contributed by atoms with E-state index < -0.39 is 0 Å². The molecular weight excluding hydrogens is 264 g/mol. The van der Waals surface area contributed by atoms with E-state index in [-0.39, 0.29) is 0 Å². The molecule has 2 rings (SSSR count). The van der Waals surface area contributed by atoms with E-state index in [1.54, 1.807) is 7.11 Å². The molecule has 21 heavy (non-hydrogen) atoms. The summed E-state index contributed by atoms with van der Waals surface area (Å²) in [5.74, 6) is 0.999. The third-order valence-corrected chi connectivity index (χ3v) is 3.88. The number of para-hydroxylation sites is 1. The van der Waals surface area contributed by atoms with Crippen molar-refractivity contribution in [3.05, 3.63) is 29.8 Å². The summed E-state index contributed by atoms with van der Waals surface area (Å²) in [5, 5.41) is 3.37. The Morgan fingerprint density at radius 1 is 1.10 bits per heavy atom. The maximum atomic E-state index is 5.98. The Labute approximate surface area is 128 Å². The van der Waals surface area contributed by atoms with Crippen molar-refractivity contribution in [2.45, 2.75) is 25.8 Å². The zero-order valence-electron chi connectivity index (χ0n) is 13.1. The molecule has 1 saturated heterocycles. The monoisotopic (exact) mass is 292 g/mol. The van der Waals surface area contributed by atoms with Crippen LogP contribution in [0.4, 0.5) is 0 Å². The van der Waals surface area contributed by atoms with Crippen LogP contribution in [0.5, 0.6) is 5.75 Å². The van der Waals surface area contributed by atoms with Gasteiger partial charge in [0.25, 0.3) is 0 Å². The van der Waals surface area contributed by atoms with E-state index in [2.05, 4.69) is 28.4 Å². The fourth-order valence-electron chi connectivity index (χ4n) is 2.66. The number of likely N-dealkylation sites (tertiary alicyclic amines) is 1. The topological polar surface area (TPSA) is 33.7 Å². The number of ether oxygens (including phenoxy) is 2. The van der Waals surface area contributed by atoms with E-state index in [4.69, 9.17) is 9.47 Å². The van der Waals surface area contributed by atoms with Crippen molar-refractivity contribution < 1.29 is 9.47 Å². The lowest BCUT2D eigenvalue weighted by atomic mass is 10.1. The van der Waals surface area contributed by atoms with Crippen LogP contribution >= 0.6 is 0 Å². The van der Waals surface area contributed by atoms with E-state index in [1.807, 2.05) is 6.07 Å².